The van der Waals surface area contributed by atoms with Crippen LogP contribution in [0.5, 0.6) is 0 Å². The molecule has 168 valence electrons. The lowest BCUT2D eigenvalue weighted by atomic mass is 10.1. The van der Waals surface area contributed by atoms with Crippen molar-refractivity contribution in [3.8, 4) is 0 Å². The number of anilines is 2. The Hall–Kier alpha value is -3.24. The van der Waals surface area contributed by atoms with Crippen molar-refractivity contribution in [3.05, 3.63) is 58.6 Å². The van der Waals surface area contributed by atoms with Gasteiger partial charge in [-0.2, -0.15) is 0 Å². The fraction of sp³-hybridized carbons (Fsp3) is 0.318. The molecule has 10 heteroatoms. The summed E-state index contributed by atoms with van der Waals surface area (Å²) in [6.07, 6.45) is 4.48. The Kier molecular flexibility index (Phi) is 5.98. The number of hydrogen-bond acceptors (Lipinski definition) is 6. The highest BCUT2D eigenvalue weighted by molar-refractivity contribution is 7.89. The van der Waals surface area contributed by atoms with Crippen molar-refractivity contribution >= 4 is 38.2 Å². The van der Waals surface area contributed by atoms with Gasteiger partial charge in [0.2, 0.25) is 10.0 Å². The van der Waals surface area contributed by atoms with Gasteiger partial charge in [0, 0.05) is 38.6 Å². The maximum atomic E-state index is 13.3. The largest absolute Gasteiger partial charge is 0.371 e. The van der Waals surface area contributed by atoms with Gasteiger partial charge in [0.25, 0.3) is 11.5 Å². The van der Waals surface area contributed by atoms with E-state index < -0.39 is 15.9 Å². The Morgan fingerprint density at radius 3 is 2.56 bits per heavy atom. The topological polar surface area (TPSA) is 115 Å². The molecule has 1 aliphatic heterocycles. The second kappa shape index (κ2) is 8.71. The first kappa shape index (κ1) is 22.0. The fourth-order valence-electron chi connectivity index (χ4n) is 3.82. The molecule has 9 nitrogen and oxygen atoms in total. The molecule has 0 spiro atoms. The maximum absolute atomic E-state index is 13.3. The van der Waals surface area contributed by atoms with E-state index in [0.29, 0.717) is 22.3 Å². The van der Waals surface area contributed by atoms with Gasteiger partial charge in [-0.3, -0.25) is 9.59 Å². The summed E-state index contributed by atoms with van der Waals surface area (Å²) in [4.78, 5) is 34.2. The summed E-state index contributed by atoms with van der Waals surface area (Å²) in [6.45, 7) is 1.61. The monoisotopic (exact) mass is 455 g/mol. The van der Waals surface area contributed by atoms with Gasteiger partial charge in [-0.15, -0.1) is 0 Å². The third-order valence-electron chi connectivity index (χ3n) is 5.59. The predicted molar refractivity (Wildman–Crippen MR) is 124 cm³/mol. The maximum Gasteiger partial charge on any atom is 0.258 e. The normalized spacial score (nSPS) is 14.7. The number of nitrogens with one attached hydrogen (secondary N) is 2. The second-order valence-electron chi connectivity index (χ2n) is 7.93. The first-order chi connectivity index (χ1) is 15.3. The van der Waals surface area contributed by atoms with E-state index >= 15 is 0 Å². The predicted octanol–water partition coefficient (Wildman–Crippen LogP) is 2.42. The molecule has 0 radical (unpaired) electrons. The molecular formula is C22H25N5O4S. The van der Waals surface area contributed by atoms with Crippen LogP contribution in [0.1, 0.15) is 29.6 Å². The van der Waals surface area contributed by atoms with Crippen LogP contribution in [-0.2, 0) is 10.0 Å². The van der Waals surface area contributed by atoms with E-state index in [1.54, 1.807) is 24.3 Å². The molecule has 3 aromatic rings. The van der Waals surface area contributed by atoms with Crippen molar-refractivity contribution in [3.63, 3.8) is 0 Å². The van der Waals surface area contributed by atoms with Crippen molar-refractivity contribution in [2.24, 2.45) is 0 Å². The molecule has 0 unspecified atom stereocenters. The molecule has 1 aliphatic rings. The molecule has 2 N–H and O–H groups in total. The molecule has 0 atom stereocenters. The van der Waals surface area contributed by atoms with Gasteiger partial charge in [0.1, 0.15) is 0 Å². The van der Waals surface area contributed by atoms with Gasteiger partial charge in [0.15, 0.2) is 0 Å². The van der Waals surface area contributed by atoms with Crippen LogP contribution in [0.4, 0.5) is 11.4 Å². The highest BCUT2D eigenvalue weighted by Crippen LogP contribution is 2.29. The first-order valence-corrected chi connectivity index (χ1v) is 11.8. The van der Waals surface area contributed by atoms with Crippen LogP contribution in [0.2, 0.25) is 0 Å². The highest BCUT2D eigenvalue weighted by Gasteiger charge is 2.24. The molecule has 4 rings (SSSR count). The third-order valence-corrected chi connectivity index (χ3v) is 7.40. The first-order valence-electron chi connectivity index (χ1n) is 10.4. The Bertz CT molecular complexity index is 1330. The molecule has 0 bridgehead atoms. The number of fused-ring (bicyclic) bond motifs is 1. The fourth-order valence-corrected chi connectivity index (χ4v) is 4.75. The van der Waals surface area contributed by atoms with Crippen molar-refractivity contribution in [2.45, 2.75) is 24.2 Å². The second-order valence-corrected chi connectivity index (χ2v) is 10.1. The van der Waals surface area contributed by atoms with Crippen molar-refractivity contribution in [1.82, 2.24) is 14.3 Å². The number of piperidine rings is 1. The third kappa shape index (κ3) is 4.23. The minimum absolute atomic E-state index is 0.0487. The lowest BCUT2D eigenvalue weighted by Gasteiger charge is -2.30. The summed E-state index contributed by atoms with van der Waals surface area (Å²) in [5.41, 5.74) is 1.60. The molecular weight excluding hydrogens is 430 g/mol. The number of sulfonamides is 1. The number of carbonyl (C=O) groups is 1. The van der Waals surface area contributed by atoms with E-state index in [1.807, 2.05) is 0 Å². The SMILES string of the molecule is CN(C)S(=O)(=O)c1ccc(N2CCCCC2)c(C(=O)Nc2ccc3nc[nH]c(=O)c3c2)c1. The molecule has 0 saturated carbocycles. The van der Waals surface area contributed by atoms with Gasteiger partial charge < -0.3 is 15.2 Å². The average Bonchev–Trinajstić information content (AvgIpc) is 2.79. The van der Waals surface area contributed by atoms with Crippen LogP contribution in [-0.4, -0.2) is 55.8 Å². The Labute approximate surface area is 186 Å². The lowest BCUT2D eigenvalue weighted by molar-refractivity contribution is 0.102. The zero-order chi connectivity index (χ0) is 22.9. The number of aromatic nitrogens is 2. The van der Waals surface area contributed by atoms with E-state index in [2.05, 4.69) is 20.2 Å². The highest BCUT2D eigenvalue weighted by atomic mass is 32.2. The molecule has 32 heavy (non-hydrogen) atoms. The molecule has 1 amide bonds. The van der Waals surface area contributed by atoms with Gasteiger partial charge in [0.05, 0.1) is 27.7 Å². The number of carbonyl (C=O) groups excluding carboxylic acids is 1. The zero-order valence-electron chi connectivity index (χ0n) is 18.0. The van der Waals surface area contributed by atoms with Crippen LogP contribution in [0, 0.1) is 0 Å². The molecule has 1 fully saturated rings. The lowest BCUT2D eigenvalue weighted by Crippen LogP contribution is -2.32. The molecule has 0 aliphatic carbocycles. The van der Waals surface area contributed by atoms with E-state index in [-0.39, 0.29) is 16.0 Å². The number of hydrogen-bond donors (Lipinski definition) is 2. The molecule has 2 aromatic carbocycles. The van der Waals surface area contributed by atoms with Crippen molar-refractivity contribution < 1.29 is 13.2 Å². The summed E-state index contributed by atoms with van der Waals surface area (Å²) < 4.78 is 26.5. The van der Waals surface area contributed by atoms with Crippen LogP contribution in [0.3, 0.4) is 0 Å². The number of nitrogens with zero attached hydrogens (tertiary/aromatic N) is 3. The summed E-state index contributed by atoms with van der Waals surface area (Å²) in [5.74, 6) is -0.443. The van der Waals surface area contributed by atoms with Crippen molar-refractivity contribution in [2.75, 3.05) is 37.4 Å². The quantitative estimate of drug-likeness (QED) is 0.611. The number of rotatable bonds is 5. The van der Waals surface area contributed by atoms with Gasteiger partial charge in [-0.25, -0.2) is 17.7 Å². The summed E-state index contributed by atoms with van der Waals surface area (Å²) in [6, 6.07) is 9.53. The average molecular weight is 456 g/mol. The summed E-state index contributed by atoms with van der Waals surface area (Å²) in [5, 5.41) is 3.16. The number of H-pyrrole nitrogens is 1. The standard InChI is InChI=1S/C22H25N5O4S/c1-26(2)32(30,31)16-7-9-20(27-10-4-3-5-11-27)18(13-16)22(29)25-15-6-8-19-17(12-15)21(28)24-14-23-19/h6-9,12-14H,3-5,10-11H2,1-2H3,(H,25,29)(H,23,24,28). The number of aromatic amines is 1. The van der Waals surface area contributed by atoms with Crippen LogP contribution in [0.25, 0.3) is 10.9 Å². The molecule has 1 aromatic heterocycles. The smallest absolute Gasteiger partial charge is 0.258 e. The zero-order valence-corrected chi connectivity index (χ0v) is 18.8. The minimum atomic E-state index is -3.71. The molecule has 1 saturated heterocycles. The Balaban J connectivity index is 1.74. The van der Waals surface area contributed by atoms with Crippen LogP contribution >= 0.6 is 0 Å². The number of amides is 1. The van der Waals surface area contributed by atoms with E-state index in [0.717, 1.165) is 36.7 Å². The Morgan fingerprint density at radius 1 is 1.09 bits per heavy atom. The van der Waals surface area contributed by atoms with Gasteiger partial charge in [-0.05, 0) is 55.7 Å². The van der Waals surface area contributed by atoms with E-state index in [9.17, 15) is 18.0 Å². The minimum Gasteiger partial charge on any atom is -0.371 e. The summed E-state index contributed by atoms with van der Waals surface area (Å²) >= 11 is 0. The van der Waals surface area contributed by atoms with E-state index in [4.69, 9.17) is 0 Å². The Morgan fingerprint density at radius 2 is 1.84 bits per heavy atom. The van der Waals surface area contributed by atoms with Crippen LogP contribution < -0.4 is 15.8 Å². The number of benzene rings is 2. The van der Waals surface area contributed by atoms with E-state index in [1.165, 1.54) is 32.6 Å². The molecule has 2 heterocycles. The summed E-state index contributed by atoms with van der Waals surface area (Å²) in [7, 11) is -0.801. The van der Waals surface area contributed by atoms with Gasteiger partial charge >= 0.3 is 0 Å². The van der Waals surface area contributed by atoms with Crippen LogP contribution in [0.15, 0.2) is 52.4 Å². The van der Waals surface area contributed by atoms with Crippen molar-refractivity contribution in [1.29, 1.82) is 0 Å². The van der Waals surface area contributed by atoms with Gasteiger partial charge in [-0.1, -0.05) is 0 Å².